The van der Waals surface area contributed by atoms with Gasteiger partial charge < -0.3 is 0 Å². The van der Waals surface area contributed by atoms with Crippen molar-refractivity contribution in [2.75, 3.05) is 4.90 Å². The van der Waals surface area contributed by atoms with Gasteiger partial charge in [-0.3, -0.25) is 9.59 Å². The van der Waals surface area contributed by atoms with Gasteiger partial charge in [-0.25, -0.2) is 4.90 Å². The van der Waals surface area contributed by atoms with Crippen LogP contribution < -0.4 is 4.90 Å². The van der Waals surface area contributed by atoms with E-state index in [0.717, 1.165) is 22.4 Å². The first-order valence-corrected chi connectivity index (χ1v) is 13.2. The fourth-order valence-electron chi connectivity index (χ4n) is 6.34. The lowest BCUT2D eigenvalue weighted by Gasteiger charge is -2.21. The van der Waals surface area contributed by atoms with Gasteiger partial charge in [-0.15, -0.1) is 0 Å². The van der Waals surface area contributed by atoms with Crippen LogP contribution >= 0.6 is 0 Å². The van der Waals surface area contributed by atoms with E-state index in [1.165, 1.54) is 10.5 Å². The lowest BCUT2D eigenvalue weighted by molar-refractivity contribution is -0.122. The molecule has 4 atom stereocenters. The molecule has 7 rings (SSSR count). The van der Waals surface area contributed by atoms with E-state index in [4.69, 9.17) is 0 Å². The Balaban J connectivity index is 1.21. The molecule has 2 bridgehead atoms. The molecule has 1 saturated heterocycles. The zero-order valence-corrected chi connectivity index (χ0v) is 21.1. The molecule has 0 radical (unpaired) electrons. The van der Waals surface area contributed by atoms with E-state index in [-0.39, 0.29) is 35.5 Å². The van der Waals surface area contributed by atoms with Crippen LogP contribution in [0.2, 0.25) is 0 Å². The monoisotopic (exact) mass is 507 g/mol. The molecule has 0 spiro atoms. The molecular formula is C34H25N3O2. The summed E-state index contributed by atoms with van der Waals surface area (Å²) >= 11 is 0. The van der Waals surface area contributed by atoms with Crippen LogP contribution in [0, 0.1) is 23.7 Å². The Labute approximate surface area is 226 Å². The van der Waals surface area contributed by atoms with Gasteiger partial charge >= 0.3 is 0 Å². The van der Waals surface area contributed by atoms with Crippen molar-refractivity contribution in [2.45, 2.75) is 0 Å². The Morgan fingerprint density at radius 1 is 0.538 bits per heavy atom. The van der Waals surface area contributed by atoms with Crippen LogP contribution in [0.4, 0.5) is 17.1 Å². The van der Waals surface area contributed by atoms with Gasteiger partial charge in [0, 0.05) is 11.8 Å². The Hall–Kier alpha value is -4.90. The summed E-state index contributed by atoms with van der Waals surface area (Å²) in [5, 5.41) is 8.53. The molecule has 39 heavy (non-hydrogen) atoms. The molecule has 0 aromatic heterocycles. The van der Waals surface area contributed by atoms with Crippen LogP contribution in [0.3, 0.4) is 0 Å². The van der Waals surface area contributed by atoms with Crippen molar-refractivity contribution in [3.8, 4) is 0 Å². The fourth-order valence-corrected chi connectivity index (χ4v) is 6.34. The highest BCUT2D eigenvalue weighted by Gasteiger charge is 2.62. The molecule has 1 aliphatic heterocycles. The van der Waals surface area contributed by atoms with Gasteiger partial charge in [-0.05, 0) is 58.7 Å². The highest BCUT2D eigenvalue weighted by atomic mass is 16.2. The molecule has 3 aliphatic rings. The van der Waals surface area contributed by atoms with E-state index < -0.39 is 0 Å². The average Bonchev–Trinajstić information content (AvgIpc) is 3.63. The van der Waals surface area contributed by atoms with Gasteiger partial charge in [0.05, 0.1) is 28.9 Å². The van der Waals surface area contributed by atoms with E-state index >= 15 is 0 Å². The van der Waals surface area contributed by atoms with Crippen LogP contribution in [-0.2, 0) is 9.59 Å². The molecule has 5 heteroatoms. The number of fused-ring (bicyclic) bond motifs is 5. The van der Waals surface area contributed by atoms with Crippen molar-refractivity contribution in [1.29, 1.82) is 0 Å². The number of rotatable bonds is 5. The topological polar surface area (TPSA) is 62.1 Å². The first kappa shape index (κ1) is 23.2. The largest absolute Gasteiger partial charge is 0.274 e. The SMILES string of the molecule is O=C1[C@H]2[C@H](C(=O)N1c1ccc(N=Nc3ccccc3)cc1)[C@H]1C=C[C@H]2C1=C(c1ccccc1)c1ccccc1. The zero-order valence-electron chi connectivity index (χ0n) is 21.1. The van der Waals surface area contributed by atoms with Gasteiger partial charge in [0.15, 0.2) is 0 Å². The number of anilines is 1. The number of azo groups is 1. The molecule has 1 saturated carbocycles. The number of carbonyl (C=O) groups is 2. The van der Waals surface area contributed by atoms with Gasteiger partial charge in [-0.1, -0.05) is 91.0 Å². The maximum atomic E-state index is 13.8. The highest BCUT2D eigenvalue weighted by molar-refractivity contribution is 6.23. The number of carbonyl (C=O) groups excluding carboxylic acids is 2. The number of hydrogen-bond acceptors (Lipinski definition) is 4. The smallest absolute Gasteiger partial charge is 0.238 e. The lowest BCUT2D eigenvalue weighted by atomic mass is 9.85. The van der Waals surface area contributed by atoms with Crippen molar-refractivity contribution in [3.05, 3.63) is 144 Å². The molecule has 2 fully saturated rings. The van der Waals surface area contributed by atoms with Gasteiger partial charge in [-0.2, -0.15) is 10.2 Å². The quantitative estimate of drug-likeness (QED) is 0.159. The van der Waals surface area contributed by atoms with Crippen molar-refractivity contribution >= 4 is 34.4 Å². The minimum absolute atomic E-state index is 0.101. The summed E-state index contributed by atoms with van der Waals surface area (Å²) in [6.07, 6.45) is 4.27. The van der Waals surface area contributed by atoms with Crippen molar-refractivity contribution < 1.29 is 9.59 Å². The first-order chi connectivity index (χ1) is 19.2. The second-order valence-electron chi connectivity index (χ2n) is 10.1. The molecule has 1 heterocycles. The van der Waals surface area contributed by atoms with Crippen LogP contribution in [-0.4, -0.2) is 11.8 Å². The number of hydrogen-bond donors (Lipinski definition) is 0. The predicted octanol–water partition coefficient (Wildman–Crippen LogP) is 7.53. The minimum atomic E-state index is -0.387. The Bertz CT molecular complexity index is 1570. The third kappa shape index (κ3) is 3.86. The number of imide groups is 1. The predicted molar refractivity (Wildman–Crippen MR) is 152 cm³/mol. The van der Waals surface area contributed by atoms with E-state index in [0.29, 0.717) is 11.4 Å². The van der Waals surface area contributed by atoms with E-state index in [9.17, 15) is 9.59 Å². The molecule has 4 aromatic rings. The summed E-state index contributed by atoms with van der Waals surface area (Å²) in [5.74, 6) is -1.23. The summed E-state index contributed by atoms with van der Waals surface area (Å²) < 4.78 is 0. The minimum Gasteiger partial charge on any atom is -0.274 e. The maximum Gasteiger partial charge on any atom is 0.238 e. The summed E-state index contributed by atoms with van der Waals surface area (Å²) in [5.41, 5.74) is 6.52. The molecule has 0 N–H and O–H groups in total. The van der Waals surface area contributed by atoms with E-state index in [2.05, 4.69) is 46.6 Å². The average molecular weight is 508 g/mol. The van der Waals surface area contributed by atoms with Crippen LogP contribution in [0.1, 0.15) is 11.1 Å². The summed E-state index contributed by atoms with van der Waals surface area (Å²) in [6, 6.07) is 37.2. The standard InChI is InChI=1S/C34H25N3O2/c38-33-31-27-20-21-28(30(27)29(22-10-4-1-5-11-22)23-12-6-2-7-13-23)32(31)34(39)37(33)26-18-16-25(17-19-26)36-35-24-14-8-3-9-15-24/h1-21,27-28,31-32H/t27-,28-,31+,32+/m0/s1. The zero-order chi connectivity index (χ0) is 26.3. The second-order valence-corrected chi connectivity index (χ2v) is 10.1. The first-order valence-electron chi connectivity index (χ1n) is 13.2. The number of benzene rings is 4. The molecule has 188 valence electrons. The van der Waals surface area contributed by atoms with Crippen molar-refractivity contribution in [3.63, 3.8) is 0 Å². The van der Waals surface area contributed by atoms with E-state index in [1.54, 1.807) is 24.3 Å². The Kier molecular flexibility index (Phi) is 5.63. The van der Waals surface area contributed by atoms with Gasteiger partial charge in [0.2, 0.25) is 11.8 Å². The summed E-state index contributed by atoms with van der Waals surface area (Å²) in [7, 11) is 0. The maximum absolute atomic E-state index is 13.8. The highest BCUT2D eigenvalue weighted by Crippen LogP contribution is 2.58. The molecular weight excluding hydrogens is 482 g/mol. The third-order valence-corrected chi connectivity index (χ3v) is 7.97. The Morgan fingerprint density at radius 2 is 0.974 bits per heavy atom. The second kappa shape index (κ2) is 9.44. The normalized spacial score (nSPS) is 23.2. The van der Waals surface area contributed by atoms with E-state index in [1.807, 2.05) is 66.7 Å². The summed E-state index contributed by atoms with van der Waals surface area (Å²) in [6.45, 7) is 0. The van der Waals surface area contributed by atoms with Crippen LogP contribution in [0.15, 0.2) is 143 Å². The number of amides is 2. The van der Waals surface area contributed by atoms with Gasteiger partial charge in [0.1, 0.15) is 0 Å². The van der Waals surface area contributed by atoms with Crippen LogP contribution in [0.25, 0.3) is 5.57 Å². The van der Waals surface area contributed by atoms with Crippen molar-refractivity contribution in [1.82, 2.24) is 0 Å². The third-order valence-electron chi connectivity index (χ3n) is 7.97. The molecule has 5 nitrogen and oxygen atoms in total. The lowest BCUT2D eigenvalue weighted by Crippen LogP contribution is -2.33. The van der Waals surface area contributed by atoms with Crippen molar-refractivity contribution in [2.24, 2.45) is 33.9 Å². The molecule has 2 amide bonds. The Morgan fingerprint density at radius 3 is 1.46 bits per heavy atom. The number of nitrogens with zero attached hydrogens (tertiary/aromatic N) is 3. The van der Waals surface area contributed by atoms with Gasteiger partial charge in [0.25, 0.3) is 0 Å². The summed E-state index contributed by atoms with van der Waals surface area (Å²) in [4.78, 5) is 29.0. The molecule has 0 unspecified atom stereocenters. The fraction of sp³-hybridized carbons (Fsp3) is 0.118. The van der Waals surface area contributed by atoms with Crippen LogP contribution in [0.5, 0.6) is 0 Å². The number of allylic oxidation sites excluding steroid dienone is 3. The molecule has 4 aromatic carbocycles. The molecule has 2 aliphatic carbocycles.